The van der Waals surface area contributed by atoms with Gasteiger partial charge >= 0.3 is 0 Å². The highest BCUT2D eigenvalue weighted by molar-refractivity contribution is 5.60. The van der Waals surface area contributed by atoms with Crippen LogP contribution in [0.15, 0.2) is 18.2 Å². The van der Waals surface area contributed by atoms with Gasteiger partial charge in [-0.3, -0.25) is 0 Å². The lowest BCUT2D eigenvalue weighted by atomic mass is 9.81. The van der Waals surface area contributed by atoms with Gasteiger partial charge in [-0.25, -0.2) is 0 Å². The molecule has 17 heavy (non-hydrogen) atoms. The van der Waals surface area contributed by atoms with Crippen LogP contribution in [0.3, 0.4) is 0 Å². The van der Waals surface area contributed by atoms with E-state index >= 15 is 0 Å². The number of nitrogens with one attached hydrogen (secondary N) is 1. The van der Waals surface area contributed by atoms with Crippen LogP contribution in [0.1, 0.15) is 38.2 Å². The van der Waals surface area contributed by atoms with Crippen molar-refractivity contribution in [3.63, 3.8) is 0 Å². The number of rotatable bonds is 1. The Labute approximate surface area is 103 Å². The molecule has 1 fully saturated rings. The van der Waals surface area contributed by atoms with Crippen LogP contribution in [0, 0.1) is 12.8 Å². The molecule has 0 spiro atoms. The van der Waals surface area contributed by atoms with Crippen LogP contribution in [0.2, 0.25) is 0 Å². The third-order valence-electron chi connectivity index (χ3n) is 4.23. The van der Waals surface area contributed by atoms with Crippen molar-refractivity contribution in [2.45, 2.75) is 51.7 Å². The lowest BCUT2D eigenvalue weighted by Crippen LogP contribution is -2.45. The largest absolute Gasteiger partial charge is 0.486 e. The zero-order chi connectivity index (χ0) is 11.8. The fourth-order valence-electron chi connectivity index (χ4n) is 3.10. The quantitative estimate of drug-likeness (QED) is 0.795. The summed E-state index contributed by atoms with van der Waals surface area (Å²) in [6.07, 6.45) is 5.46. The summed E-state index contributed by atoms with van der Waals surface area (Å²) < 4.78 is 6.15. The van der Waals surface area contributed by atoms with Crippen LogP contribution in [0.4, 0.5) is 5.69 Å². The highest BCUT2D eigenvalue weighted by Crippen LogP contribution is 2.39. The molecule has 1 N–H and O–H groups in total. The first kappa shape index (κ1) is 10.9. The van der Waals surface area contributed by atoms with Gasteiger partial charge < -0.3 is 10.1 Å². The summed E-state index contributed by atoms with van der Waals surface area (Å²) in [4.78, 5) is 0. The predicted octanol–water partition coefficient (Wildman–Crippen LogP) is 3.75. The standard InChI is InChI=1S/C15H21NO/c1-3-11-5-7-14-13(9-11)16-12-6-4-10(2)8-15(12)17-14/h4,6,8,11,13-14,16H,3,5,7,9H2,1-2H3. The molecule has 1 saturated carbocycles. The molecule has 3 atom stereocenters. The summed E-state index contributed by atoms with van der Waals surface area (Å²) in [5.74, 6) is 1.92. The molecule has 1 heterocycles. The summed E-state index contributed by atoms with van der Waals surface area (Å²) in [5, 5.41) is 3.67. The lowest BCUT2D eigenvalue weighted by Gasteiger charge is -2.41. The van der Waals surface area contributed by atoms with Crippen LogP contribution in [-0.4, -0.2) is 12.1 Å². The van der Waals surface area contributed by atoms with Crippen molar-refractivity contribution in [1.82, 2.24) is 0 Å². The monoisotopic (exact) mass is 231 g/mol. The molecule has 0 aromatic heterocycles. The Morgan fingerprint density at radius 1 is 1.35 bits per heavy atom. The molecule has 1 aliphatic heterocycles. The van der Waals surface area contributed by atoms with E-state index in [-0.39, 0.29) is 0 Å². The van der Waals surface area contributed by atoms with Gasteiger partial charge in [0.15, 0.2) is 0 Å². The Balaban J connectivity index is 1.82. The van der Waals surface area contributed by atoms with Crippen LogP contribution in [0.5, 0.6) is 5.75 Å². The third kappa shape index (κ3) is 2.01. The average molecular weight is 231 g/mol. The van der Waals surface area contributed by atoms with E-state index in [9.17, 15) is 0 Å². The third-order valence-corrected chi connectivity index (χ3v) is 4.23. The highest BCUT2D eigenvalue weighted by Gasteiger charge is 2.34. The summed E-state index contributed by atoms with van der Waals surface area (Å²) in [7, 11) is 0. The number of fused-ring (bicyclic) bond motifs is 2. The van der Waals surface area contributed by atoms with Gasteiger partial charge in [0, 0.05) is 0 Å². The number of anilines is 1. The zero-order valence-corrected chi connectivity index (χ0v) is 10.7. The molecule has 0 bridgehead atoms. The van der Waals surface area contributed by atoms with Gasteiger partial charge in [0.25, 0.3) is 0 Å². The fraction of sp³-hybridized carbons (Fsp3) is 0.600. The van der Waals surface area contributed by atoms with Crippen LogP contribution >= 0.6 is 0 Å². The molecule has 1 aromatic carbocycles. The Morgan fingerprint density at radius 3 is 3.06 bits per heavy atom. The normalized spacial score (nSPS) is 30.8. The van der Waals surface area contributed by atoms with Gasteiger partial charge in [-0.2, -0.15) is 0 Å². The molecular weight excluding hydrogens is 210 g/mol. The second-order valence-electron chi connectivity index (χ2n) is 5.49. The minimum atomic E-state index is 0.382. The maximum atomic E-state index is 6.15. The van der Waals surface area contributed by atoms with Gasteiger partial charge in [-0.15, -0.1) is 0 Å². The van der Waals surface area contributed by atoms with Gasteiger partial charge in [-0.05, 0) is 49.8 Å². The van der Waals surface area contributed by atoms with E-state index in [1.807, 2.05) is 0 Å². The SMILES string of the molecule is CCC1CCC2Oc3cc(C)ccc3NC2C1. The van der Waals surface area contributed by atoms with Crippen molar-refractivity contribution in [1.29, 1.82) is 0 Å². The number of ether oxygens (including phenoxy) is 1. The number of aryl methyl sites for hydroxylation is 1. The molecule has 2 nitrogen and oxygen atoms in total. The molecule has 3 rings (SSSR count). The van der Waals surface area contributed by atoms with E-state index in [2.05, 4.69) is 37.4 Å². The average Bonchev–Trinajstić information content (AvgIpc) is 2.35. The zero-order valence-electron chi connectivity index (χ0n) is 10.7. The Kier molecular flexibility index (Phi) is 2.73. The van der Waals surface area contributed by atoms with Gasteiger partial charge in [-0.1, -0.05) is 19.4 Å². The van der Waals surface area contributed by atoms with Crippen LogP contribution < -0.4 is 10.1 Å². The van der Waals surface area contributed by atoms with E-state index in [1.54, 1.807) is 0 Å². The summed E-state index contributed by atoms with van der Waals surface area (Å²) in [6.45, 7) is 4.41. The molecule has 1 aliphatic carbocycles. The van der Waals surface area contributed by atoms with Crippen LogP contribution in [-0.2, 0) is 0 Å². The van der Waals surface area contributed by atoms with E-state index in [4.69, 9.17) is 4.74 Å². The van der Waals surface area contributed by atoms with Gasteiger partial charge in [0.05, 0.1) is 11.7 Å². The number of hydrogen-bond donors (Lipinski definition) is 1. The predicted molar refractivity (Wildman–Crippen MR) is 70.6 cm³/mol. The topological polar surface area (TPSA) is 21.3 Å². The van der Waals surface area contributed by atoms with Gasteiger partial charge in [0.2, 0.25) is 0 Å². The molecule has 3 unspecified atom stereocenters. The molecule has 92 valence electrons. The van der Waals surface area contributed by atoms with E-state index in [0.29, 0.717) is 12.1 Å². The summed E-state index contributed by atoms with van der Waals surface area (Å²) in [5.41, 5.74) is 2.44. The van der Waals surface area contributed by atoms with Crippen molar-refractivity contribution in [3.8, 4) is 5.75 Å². The van der Waals surface area contributed by atoms with Crippen molar-refractivity contribution < 1.29 is 4.74 Å². The van der Waals surface area contributed by atoms with Crippen molar-refractivity contribution in [2.75, 3.05) is 5.32 Å². The summed E-state index contributed by atoms with van der Waals surface area (Å²) >= 11 is 0. The number of benzene rings is 1. The molecule has 1 aromatic rings. The number of hydrogen-bond acceptors (Lipinski definition) is 2. The summed E-state index contributed by atoms with van der Waals surface area (Å²) in [6, 6.07) is 6.96. The molecule has 0 amide bonds. The fourth-order valence-corrected chi connectivity index (χ4v) is 3.10. The van der Waals surface area contributed by atoms with Crippen LogP contribution in [0.25, 0.3) is 0 Å². The van der Waals surface area contributed by atoms with E-state index in [0.717, 1.165) is 11.7 Å². The smallest absolute Gasteiger partial charge is 0.143 e. The second-order valence-corrected chi connectivity index (χ2v) is 5.49. The molecule has 0 saturated heterocycles. The Morgan fingerprint density at radius 2 is 2.24 bits per heavy atom. The lowest BCUT2D eigenvalue weighted by molar-refractivity contribution is 0.107. The van der Waals surface area contributed by atoms with Crippen molar-refractivity contribution >= 4 is 5.69 Å². The van der Waals surface area contributed by atoms with Crippen molar-refractivity contribution in [2.24, 2.45) is 5.92 Å². The van der Waals surface area contributed by atoms with E-state index in [1.165, 1.54) is 36.9 Å². The second kappa shape index (κ2) is 4.25. The molecule has 2 aliphatic rings. The minimum absolute atomic E-state index is 0.382. The highest BCUT2D eigenvalue weighted by atomic mass is 16.5. The minimum Gasteiger partial charge on any atom is -0.486 e. The first-order valence-corrected chi connectivity index (χ1v) is 6.80. The Hall–Kier alpha value is -1.18. The molecule has 2 heteroatoms. The molecular formula is C15H21NO. The molecule has 0 radical (unpaired) electrons. The van der Waals surface area contributed by atoms with E-state index < -0.39 is 0 Å². The first-order valence-electron chi connectivity index (χ1n) is 6.80. The Bertz CT molecular complexity index is 415. The maximum absolute atomic E-state index is 6.15. The maximum Gasteiger partial charge on any atom is 0.143 e. The van der Waals surface area contributed by atoms with Gasteiger partial charge in [0.1, 0.15) is 11.9 Å². The first-order chi connectivity index (χ1) is 8.26. The van der Waals surface area contributed by atoms with Crippen molar-refractivity contribution in [3.05, 3.63) is 23.8 Å².